The maximum atomic E-state index is 12.0. The Kier molecular flexibility index (Phi) is 7.37. The monoisotopic (exact) mass is 291 g/mol. The number of nitrogens with two attached hydrogens (primary N) is 1. The molecule has 1 unspecified atom stereocenters. The first-order valence-corrected chi connectivity index (χ1v) is 6.67. The van der Waals surface area contributed by atoms with Gasteiger partial charge in [-0.1, -0.05) is 20.8 Å². The van der Waals surface area contributed by atoms with E-state index in [2.05, 4.69) is 19.2 Å². The molecular formula is C13H26ClN3O2. The van der Waals surface area contributed by atoms with Gasteiger partial charge in [0.05, 0.1) is 6.54 Å². The normalized spacial score (nSPS) is 21.5. The van der Waals surface area contributed by atoms with Crippen LogP contribution >= 0.6 is 12.4 Å². The second-order valence-electron chi connectivity index (χ2n) is 5.73. The zero-order valence-electron chi connectivity index (χ0n) is 12.1. The Morgan fingerprint density at radius 1 is 1.42 bits per heavy atom. The van der Waals surface area contributed by atoms with Crippen LogP contribution < -0.4 is 11.1 Å². The van der Waals surface area contributed by atoms with Crippen LogP contribution in [0.5, 0.6) is 0 Å². The summed E-state index contributed by atoms with van der Waals surface area (Å²) in [6.45, 7) is 7.55. The summed E-state index contributed by atoms with van der Waals surface area (Å²) in [6.07, 6.45) is 2.09. The minimum atomic E-state index is -0.0566. The summed E-state index contributed by atoms with van der Waals surface area (Å²) in [5.41, 5.74) is 5.97. The molecule has 1 heterocycles. The molecule has 1 aliphatic rings. The summed E-state index contributed by atoms with van der Waals surface area (Å²) in [5, 5.41) is 2.66. The van der Waals surface area contributed by atoms with Crippen molar-refractivity contribution in [2.45, 2.75) is 46.1 Å². The molecule has 0 aromatic carbocycles. The third kappa shape index (κ3) is 5.37. The first-order chi connectivity index (χ1) is 8.36. The molecule has 2 amide bonds. The highest BCUT2D eigenvalue weighted by Crippen LogP contribution is 2.27. The number of nitrogens with one attached hydrogen (secondary N) is 1. The van der Waals surface area contributed by atoms with Crippen LogP contribution in [-0.2, 0) is 9.59 Å². The number of halogens is 1. The predicted molar refractivity (Wildman–Crippen MR) is 78.1 cm³/mol. The van der Waals surface area contributed by atoms with E-state index in [0.29, 0.717) is 19.5 Å². The molecule has 0 saturated carbocycles. The highest BCUT2D eigenvalue weighted by Gasteiger charge is 2.35. The molecular weight excluding hydrogens is 266 g/mol. The fourth-order valence-corrected chi connectivity index (χ4v) is 2.19. The van der Waals surface area contributed by atoms with Gasteiger partial charge in [0.2, 0.25) is 11.8 Å². The van der Waals surface area contributed by atoms with Crippen molar-refractivity contribution in [2.24, 2.45) is 11.1 Å². The van der Waals surface area contributed by atoms with E-state index in [9.17, 15) is 9.59 Å². The summed E-state index contributed by atoms with van der Waals surface area (Å²) in [5.74, 6) is -0.0711. The van der Waals surface area contributed by atoms with Crippen LogP contribution in [0.1, 0.15) is 40.0 Å². The molecule has 19 heavy (non-hydrogen) atoms. The van der Waals surface area contributed by atoms with Crippen LogP contribution in [0, 0.1) is 5.41 Å². The van der Waals surface area contributed by atoms with Crippen LogP contribution in [0.3, 0.4) is 0 Å². The first kappa shape index (κ1) is 18.2. The lowest BCUT2D eigenvalue weighted by Gasteiger charge is -2.42. The molecule has 1 saturated heterocycles. The maximum Gasteiger partial charge on any atom is 0.241 e. The number of likely N-dealkylation sites (tertiary alicyclic amines) is 1. The number of piperidine rings is 1. The van der Waals surface area contributed by atoms with E-state index >= 15 is 0 Å². The van der Waals surface area contributed by atoms with E-state index in [0.717, 1.165) is 12.8 Å². The van der Waals surface area contributed by atoms with Gasteiger partial charge in [0.25, 0.3) is 0 Å². The van der Waals surface area contributed by atoms with Crippen molar-refractivity contribution >= 4 is 24.2 Å². The number of rotatable bonds is 4. The largest absolute Gasteiger partial charge is 0.347 e. The van der Waals surface area contributed by atoms with Crippen LogP contribution in [0.4, 0.5) is 0 Å². The Bertz CT molecular complexity index is 321. The van der Waals surface area contributed by atoms with Crippen LogP contribution in [0.2, 0.25) is 0 Å². The minimum Gasteiger partial charge on any atom is -0.347 e. The van der Waals surface area contributed by atoms with Gasteiger partial charge in [-0.3, -0.25) is 9.59 Å². The molecule has 112 valence electrons. The number of nitrogens with zero attached hydrogens (tertiary/aromatic N) is 1. The van der Waals surface area contributed by atoms with Crippen molar-refractivity contribution in [1.29, 1.82) is 0 Å². The fraction of sp³-hybridized carbons (Fsp3) is 0.846. The maximum absolute atomic E-state index is 12.0. The van der Waals surface area contributed by atoms with Crippen molar-refractivity contribution in [3.8, 4) is 0 Å². The average Bonchev–Trinajstić information content (AvgIpc) is 2.30. The molecule has 6 heteroatoms. The molecule has 0 radical (unpaired) electrons. The van der Waals surface area contributed by atoms with Gasteiger partial charge in [-0.05, 0) is 18.3 Å². The number of carbonyl (C=O) groups is 2. The Balaban J connectivity index is 0.00000324. The van der Waals surface area contributed by atoms with Crippen LogP contribution in [0.15, 0.2) is 0 Å². The van der Waals surface area contributed by atoms with Gasteiger partial charge in [0.15, 0.2) is 0 Å². The molecule has 1 atom stereocenters. The number of amides is 2. The second kappa shape index (κ2) is 7.70. The Hall–Kier alpha value is -0.810. The molecule has 1 rings (SSSR count). The minimum absolute atomic E-state index is 0. The van der Waals surface area contributed by atoms with Crippen molar-refractivity contribution < 1.29 is 9.59 Å². The first-order valence-electron chi connectivity index (χ1n) is 6.67. The molecule has 5 nitrogen and oxygen atoms in total. The third-order valence-electron chi connectivity index (χ3n) is 3.58. The van der Waals surface area contributed by atoms with Gasteiger partial charge in [-0.2, -0.15) is 0 Å². The molecule has 0 aromatic rings. The Labute approximate surface area is 121 Å². The molecule has 0 spiro atoms. The summed E-state index contributed by atoms with van der Waals surface area (Å²) in [4.78, 5) is 25.1. The lowest BCUT2D eigenvalue weighted by atomic mass is 9.79. The lowest BCUT2D eigenvalue weighted by molar-refractivity contribution is -0.135. The zero-order valence-corrected chi connectivity index (χ0v) is 12.9. The smallest absolute Gasteiger partial charge is 0.241 e. The topological polar surface area (TPSA) is 75.4 Å². The zero-order chi connectivity index (χ0) is 13.8. The van der Waals surface area contributed by atoms with Gasteiger partial charge in [0, 0.05) is 25.6 Å². The van der Waals surface area contributed by atoms with Crippen LogP contribution in [-0.4, -0.2) is 42.4 Å². The van der Waals surface area contributed by atoms with Crippen molar-refractivity contribution in [2.75, 3.05) is 19.6 Å². The fourth-order valence-electron chi connectivity index (χ4n) is 2.19. The third-order valence-corrected chi connectivity index (χ3v) is 3.58. The van der Waals surface area contributed by atoms with Crippen molar-refractivity contribution in [3.63, 3.8) is 0 Å². The number of hydrogen-bond acceptors (Lipinski definition) is 3. The molecule has 1 fully saturated rings. The second-order valence-corrected chi connectivity index (χ2v) is 5.73. The molecule has 3 N–H and O–H groups in total. The van der Waals surface area contributed by atoms with E-state index in [-0.39, 0.29) is 42.2 Å². The molecule has 0 bridgehead atoms. The lowest BCUT2D eigenvalue weighted by Crippen LogP contribution is -2.55. The van der Waals surface area contributed by atoms with Crippen LogP contribution in [0.25, 0.3) is 0 Å². The van der Waals surface area contributed by atoms with Gasteiger partial charge < -0.3 is 16.0 Å². The van der Waals surface area contributed by atoms with E-state index < -0.39 is 0 Å². The van der Waals surface area contributed by atoms with E-state index in [1.807, 2.05) is 6.92 Å². The molecule has 0 aliphatic carbocycles. The number of hydrogen-bond donors (Lipinski definition) is 2. The predicted octanol–water partition coefficient (Wildman–Crippen LogP) is 0.910. The molecule has 0 aromatic heterocycles. The summed E-state index contributed by atoms with van der Waals surface area (Å²) >= 11 is 0. The summed E-state index contributed by atoms with van der Waals surface area (Å²) < 4.78 is 0. The van der Waals surface area contributed by atoms with E-state index in [1.165, 1.54) is 0 Å². The standard InChI is InChI=1S/C13H25N3O2.ClH/c1-4-5-11(17)15-8-12(18)16-7-6-10(14)13(2,3)9-16;/h10H,4-9,14H2,1-3H3,(H,15,17);1H. The highest BCUT2D eigenvalue weighted by atomic mass is 35.5. The molecule has 1 aliphatic heterocycles. The Morgan fingerprint density at radius 3 is 2.58 bits per heavy atom. The SMILES string of the molecule is CCCC(=O)NCC(=O)N1CCC(N)C(C)(C)C1.Cl. The summed E-state index contributed by atoms with van der Waals surface area (Å²) in [7, 11) is 0. The Morgan fingerprint density at radius 2 is 2.05 bits per heavy atom. The number of carbonyl (C=O) groups excluding carboxylic acids is 2. The highest BCUT2D eigenvalue weighted by molar-refractivity contribution is 5.85. The van der Waals surface area contributed by atoms with E-state index in [4.69, 9.17) is 5.73 Å². The van der Waals surface area contributed by atoms with E-state index in [1.54, 1.807) is 4.90 Å². The average molecular weight is 292 g/mol. The van der Waals surface area contributed by atoms with Crippen molar-refractivity contribution in [1.82, 2.24) is 10.2 Å². The van der Waals surface area contributed by atoms with Crippen molar-refractivity contribution in [3.05, 3.63) is 0 Å². The van der Waals surface area contributed by atoms with Gasteiger partial charge in [-0.25, -0.2) is 0 Å². The summed E-state index contributed by atoms with van der Waals surface area (Å²) in [6, 6.07) is 0.135. The quantitative estimate of drug-likeness (QED) is 0.808. The van der Waals surface area contributed by atoms with Gasteiger partial charge >= 0.3 is 0 Å². The van der Waals surface area contributed by atoms with Gasteiger partial charge in [0.1, 0.15) is 0 Å². The van der Waals surface area contributed by atoms with Gasteiger partial charge in [-0.15, -0.1) is 12.4 Å².